The summed E-state index contributed by atoms with van der Waals surface area (Å²) in [6.07, 6.45) is 4.43. The highest BCUT2D eigenvalue weighted by atomic mass is 32.1. The summed E-state index contributed by atoms with van der Waals surface area (Å²) in [6, 6.07) is 11.6. The molecule has 0 saturated heterocycles. The number of guanidine groups is 1. The molecule has 5 rings (SSSR count). The van der Waals surface area contributed by atoms with E-state index in [2.05, 4.69) is 92.9 Å². The van der Waals surface area contributed by atoms with Crippen LogP contribution < -0.4 is 10.6 Å². The monoisotopic (exact) mass is 486 g/mol. The molecular weight excluding hydrogens is 448 g/mol. The second-order valence-electron chi connectivity index (χ2n) is 11.6. The molecule has 3 aromatic rings. The Hall–Kier alpha value is -2.66. The van der Waals surface area contributed by atoms with Crippen LogP contribution >= 0.6 is 11.3 Å². The van der Waals surface area contributed by atoms with Gasteiger partial charge in [0.25, 0.3) is 0 Å². The number of aromatic nitrogens is 1. The van der Waals surface area contributed by atoms with Gasteiger partial charge in [-0.2, -0.15) is 0 Å². The molecule has 1 aromatic heterocycles. The molecule has 1 aliphatic heterocycles. The first-order chi connectivity index (χ1) is 16.6. The van der Waals surface area contributed by atoms with E-state index in [-0.39, 0.29) is 10.8 Å². The Balaban J connectivity index is 1.37. The number of rotatable bonds is 4. The van der Waals surface area contributed by atoms with Crippen molar-refractivity contribution in [2.75, 3.05) is 18.4 Å². The Morgan fingerprint density at radius 1 is 0.971 bits per heavy atom. The van der Waals surface area contributed by atoms with Crippen LogP contribution in [0.2, 0.25) is 0 Å². The van der Waals surface area contributed by atoms with Gasteiger partial charge in [0.1, 0.15) is 0 Å². The lowest BCUT2D eigenvalue weighted by Crippen LogP contribution is -2.35. The fraction of sp³-hybridized carbons (Fsp3) is 0.467. The highest BCUT2D eigenvalue weighted by Crippen LogP contribution is 2.46. The van der Waals surface area contributed by atoms with Crippen molar-refractivity contribution in [1.29, 1.82) is 0 Å². The number of anilines is 1. The first-order valence-electron chi connectivity index (χ1n) is 12.9. The molecule has 4 nitrogen and oxygen atoms in total. The number of benzene rings is 2. The SMILES string of the molecule is Cc1cc(NC2=NCCCN2)c(C)cc1Cc1nc(-c2ccc3c(c2)C(C)(C)CCC3(C)C)cs1. The predicted octanol–water partition coefficient (Wildman–Crippen LogP) is 7.13. The van der Waals surface area contributed by atoms with Gasteiger partial charge in [-0.3, -0.25) is 4.99 Å². The minimum Gasteiger partial charge on any atom is -0.356 e. The highest BCUT2D eigenvalue weighted by molar-refractivity contribution is 7.10. The fourth-order valence-electron chi connectivity index (χ4n) is 5.38. The van der Waals surface area contributed by atoms with Crippen LogP contribution in [-0.4, -0.2) is 24.0 Å². The van der Waals surface area contributed by atoms with E-state index in [1.54, 1.807) is 11.3 Å². The molecule has 2 heterocycles. The maximum atomic E-state index is 5.07. The van der Waals surface area contributed by atoms with E-state index in [9.17, 15) is 0 Å². The third-order valence-corrected chi connectivity index (χ3v) is 8.72. The topological polar surface area (TPSA) is 49.3 Å². The van der Waals surface area contributed by atoms with Gasteiger partial charge >= 0.3 is 0 Å². The number of thiazole rings is 1. The number of hydrogen-bond donors (Lipinski definition) is 2. The molecule has 5 heteroatoms. The van der Waals surface area contributed by atoms with Gasteiger partial charge in [0.05, 0.1) is 10.7 Å². The van der Waals surface area contributed by atoms with Crippen LogP contribution in [0.25, 0.3) is 11.3 Å². The van der Waals surface area contributed by atoms with Gasteiger partial charge in [-0.25, -0.2) is 4.98 Å². The van der Waals surface area contributed by atoms with E-state index in [4.69, 9.17) is 4.98 Å². The molecule has 2 aromatic carbocycles. The molecule has 0 bridgehead atoms. The highest BCUT2D eigenvalue weighted by Gasteiger charge is 2.37. The number of hydrogen-bond acceptors (Lipinski definition) is 5. The van der Waals surface area contributed by atoms with Crippen LogP contribution in [0.15, 0.2) is 40.7 Å². The second-order valence-corrected chi connectivity index (χ2v) is 12.5. The van der Waals surface area contributed by atoms with E-state index >= 15 is 0 Å². The van der Waals surface area contributed by atoms with Gasteiger partial charge in [-0.1, -0.05) is 45.9 Å². The van der Waals surface area contributed by atoms with E-state index in [1.807, 2.05) is 0 Å². The first-order valence-corrected chi connectivity index (χ1v) is 13.8. The summed E-state index contributed by atoms with van der Waals surface area (Å²) >= 11 is 1.77. The third-order valence-electron chi connectivity index (χ3n) is 7.88. The summed E-state index contributed by atoms with van der Waals surface area (Å²) in [5.41, 5.74) is 10.8. The average Bonchev–Trinajstić information content (AvgIpc) is 3.29. The van der Waals surface area contributed by atoms with Gasteiger partial charge in [-0.15, -0.1) is 11.3 Å². The maximum Gasteiger partial charge on any atom is 0.195 e. The summed E-state index contributed by atoms with van der Waals surface area (Å²) in [5, 5.41) is 10.2. The number of nitrogens with one attached hydrogen (secondary N) is 2. The molecule has 0 amide bonds. The van der Waals surface area contributed by atoms with E-state index in [1.165, 1.54) is 51.2 Å². The van der Waals surface area contributed by atoms with Crippen LogP contribution in [0.1, 0.15) is 79.8 Å². The fourth-order valence-corrected chi connectivity index (χ4v) is 6.21. The molecule has 0 spiro atoms. The van der Waals surface area contributed by atoms with Crippen molar-refractivity contribution in [1.82, 2.24) is 10.3 Å². The number of fused-ring (bicyclic) bond motifs is 1. The Morgan fingerprint density at radius 3 is 2.49 bits per heavy atom. The minimum absolute atomic E-state index is 0.211. The lowest BCUT2D eigenvalue weighted by atomic mass is 9.63. The molecule has 0 unspecified atom stereocenters. The Morgan fingerprint density at radius 2 is 1.74 bits per heavy atom. The number of aliphatic imine (C=N–C) groups is 1. The van der Waals surface area contributed by atoms with E-state index < -0.39 is 0 Å². The smallest absolute Gasteiger partial charge is 0.195 e. The standard InChI is InChI=1S/C30H38N4S/c1-19-15-25(34-28-31-12-7-13-32-28)20(2)14-22(19)17-27-33-26(18-35-27)21-8-9-23-24(16-21)30(5,6)11-10-29(23,3)4/h8-9,14-16,18H,7,10-13,17H2,1-6H3,(H2,31,32,34). The molecule has 184 valence electrons. The molecule has 0 saturated carbocycles. The lowest BCUT2D eigenvalue weighted by molar-refractivity contribution is 0.332. The van der Waals surface area contributed by atoms with Crippen molar-refractivity contribution in [3.05, 3.63) is 68.5 Å². The molecule has 0 atom stereocenters. The number of nitrogens with zero attached hydrogens (tertiary/aromatic N) is 2. The van der Waals surface area contributed by atoms with Crippen LogP contribution in [-0.2, 0) is 17.3 Å². The van der Waals surface area contributed by atoms with Crippen molar-refractivity contribution in [3.8, 4) is 11.3 Å². The van der Waals surface area contributed by atoms with Gasteiger partial charge < -0.3 is 10.6 Å². The van der Waals surface area contributed by atoms with Gasteiger partial charge in [0.15, 0.2) is 5.96 Å². The molecular formula is C30H38N4S. The number of aryl methyl sites for hydroxylation is 2. The first kappa shape index (κ1) is 24.1. The minimum atomic E-state index is 0.211. The molecule has 1 aliphatic carbocycles. The molecule has 2 N–H and O–H groups in total. The Labute approximate surface area is 214 Å². The van der Waals surface area contributed by atoms with Crippen molar-refractivity contribution in [2.45, 2.75) is 78.1 Å². The average molecular weight is 487 g/mol. The lowest BCUT2D eigenvalue weighted by Gasteiger charge is -2.42. The second kappa shape index (κ2) is 9.09. The normalized spacial score (nSPS) is 18.4. The third kappa shape index (κ3) is 4.88. The quantitative estimate of drug-likeness (QED) is 0.412. The summed E-state index contributed by atoms with van der Waals surface area (Å²) in [5.74, 6) is 0.882. The summed E-state index contributed by atoms with van der Waals surface area (Å²) in [6.45, 7) is 15.8. The Bertz CT molecular complexity index is 1280. The Kier molecular flexibility index (Phi) is 6.25. The van der Waals surface area contributed by atoms with Crippen LogP contribution in [0.3, 0.4) is 0 Å². The van der Waals surface area contributed by atoms with Crippen molar-refractivity contribution in [3.63, 3.8) is 0 Å². The van der Waals surface area contributed by atoms with Gasteiger partial charge in [-0.05, 0) is 83.9 Å². The zero-order valence-electron chi connectivity index (χ0n) is 22.0. The largest absolute Gasteiger partial charge is 0.356 e. The maximum absolute atomic E-state index is 5.07. The van der Waals surface area contributed by atoms with Crippen molar-refractivity contribution >= 4 is 23.0 Å². The predicted molar refractivity (Wildman–Crippen MR) is 150 cm³/mol. The van der Waals surface area contributed by atoms with Crippen LogP contribution in [0, 0.1) is 13.8 Å². The molecule has 2 aliphatic rings. The summed E-state index contributed by atoms with van der Waals surface area (Å²) in [7, 11) is 0. The van der Waals surface area contributed by atoms with E-state index in [0.29, 0.717) is 0 Å². The molecule has 0 radical (unpaired) electrons. The summed E-state index contributed by atoms with van der Waals surface area (Å²) in [4.78, 5) is 9.62. The van der Waals surface area contributed by atoms with Gasteiger partial charge in [0, 0.05) is 36.1 Å². The van der Waals surface area contributed by atoms with Gasteiger partial charge in [0.2, 0.25) is 0 Å². The molecule has 35 heavy (non-hydrogen) atoms. The zero-order valence-corrected chi connectivity index (χ0v) is 22.8. The molecule has 0 fully saturated rings. The van der Waals surface area contributed by atoms with Crippen molar-refractivity contribution in [2.24, 2.45) is 4.99 Å². The zero-order chi connectivity index (χ0) is 24.8. The van der Waals surface area contributed by atoms with E-state index in [0.717, 1.165) is 43.3 Å². The van der Waals surface area contributed by atoms with Crippen molar-refractivity contribution < 1.29 is 0 Å². The summed E-state index contributed by atoms with van der Waals surface area (Å²) < 4.78 is 0. The van der Waals surface area contributed by atoms with Crippen LogP contribution in [0.5, 0.6) is 0 Å². The van der Waals surface area contributed by atoms with Crippen LogP contribution in [0.4, 0.5) is 5.69 Å².